The normalized spacial score (nSPS) is 21.0. The third-order valence-electron chi connectivity index (χ3n) is 3.78. The highest BCUT2D eigenvalue weighted by atomic mass is 16.5. The second kappa shape index (κ2) is 5.95. The molecule has 0 saturated carbocycles. The molecule has 1 unspecified atom stereocenters. The van der Waals surface area contributed by atoms with Crippen LogP contribution < -0.4 is 5.01 Å². The highest BCUT2D eigenvalue weighted by Crippen LogP contribution is 2.29. The van der Waals surface area contributed by atoms with Crippen molar-refractivity contribution >= 4 is 17.4 Å². The van der Waals surface area contributed by atoms with E-state index in [-0.39, 0.29) is 12.0 Å². The smallest absolute Gasteiger partial charge is 0.331 e. The van der Waals surface area contributed by atoms with Crippen molar-refractivity contribution in [1.82, 2.24) is 0 Å². The minimum absolute atomic E-state index is 0.246. The van der Waals surface area contributed by atoms with Gasteiger partial charge >= 0.3 is 5.97 Å². The van der Waals surface area contributed by atoms with E-state index in [1.54, 1.807) is 5.01 Å². The molecule has 21 heavy (non-hydrogen) atoms. The van der Waals surface area contributed by atoms with E-state index < -0.39 is 0 Å². The van der Waals surface area contributed by atoms with Gasteiger partial charge in [-0.3, -0.25) is 5.01 Å². The molecule has 1 atom stereocenters. The first kappa shape index (κ1) is 13.6. The summed E-state index contributed by atoms with van der Waals surface area (Å²) in [4.78, 5) is 12.1. The van der Waals surface area contributed by atoms with Crippen molar-refractivity contribution in [1.29, 1.82) is 0 Å². The number of hydrogen-bond donors (Lipinski definition) is 0. The fourth-order valence-electron chi connectivity index (χ4n) is 2.68. The number of anilines is 1. The van der Waals surface area contributed by atoms with Gasteiger partial charge in [0, 0.05) is 6.42 Å². The van der Waals surface area contributed by atoms with Crippen LogP contribution in [-0.4, -0.2) is 24.8 Å². The van der Waals surface area contributed by atoms with Gasteiger partial charge in [-0.1, -0.05) is 36.4 Å². The molecular formula is C17H18N2O2. The number of para-hydroxylation sites is 1. The Morgan fingerprint density at radius 1 is 1.29 bits per heavy atom. The standard InChI is InChI=1S/C17H18N2O2/c1-21-17(20)16-12-15(13-8-4-2-5-9-13)18-19(16)14-10-6-3-7-11-14/h2-4,6-7,9-11,16H,5,8,12H2,1H3. The topological polar surface area (TPSA) is 41.9 Å². The summed E-state index contributed by atoms with van der Waals surface area (Å²) in [5.74, 6) is -0.246. The molecule has 2 aliphatic rings. The van der Waals surface area contributed by atoms with Crippen molar-refractivity contribution in [3.8, 4) is 0 Å². The maximum Gasteiger partial charge on any atom is 0.331 e. The van der Waals surface area contributed by atoms with Crippen LogP contribution in [0.5, 0.6) is 0 Å². The Labute approximate surface area is 124 Å². The van der Waals surface area contributed by atoms with Gasteiger partial charge in [-0.15, -0.1) is 0 Å². The van der Waals surface area contributed by atoms with Gasteiger partial charge < -0.3 is 4.74 Å². The molecule has 1 aromatic rings. The number of rotatable bonds is 3. The van der Waals surface area contributed by atoms with Gasteiger partial charge in [-0.2, -0.15) is 5.10 Å². The largest absolute Gasteiger partial charge is 0.467 e. The van der Waals surface area contributed by atoms with Gasteiger partial charge in [0.2, 0.25) is 0 Å². The zero-order valence-corrected chi connectivity index (χ0v) is 12.0. The number of allylic oxidation sites excluding steroid dienone is 4. The molecule has 4 nitrogen and oxygen atoms in total. The van der Waals surface area contributed by atoms with Crippen molar-refractivity contribution in [2.75, 3.05) is 12.1 Å². The highest BCUT2D eigenvalue weighted by molar-refractivity contribution is 6.06. The van der Waals surface area contributed by atoms with Crippen molar-refractivity contribution in [3.63, 3.8) is 0 Å². The fraction of sp³-hybridized carbons (Fsp3) is 0.294. The average molecular weight is 282 g/mol. The number of esters is 1. The monoisotopic (exact) mass is 282 g/mol. The minimum Gasteiger partial charge on any atom is -0.467 e. The van der Waals surface area contributed by atoms with Crippen LogP contribution in [0.1, 0.15) is 19.3 Å². The van der Waals surface area contributed by atoms with Crippen LogP contribution in [0.15, 0.2) is 59.2 Å². The summed E-state index contributed by atoms with van der Waals surface area (Å²) in [6, 6.07) is 9.37. The molecule has 0 saturated heterocycles. The van der Waals surface area contributed by atoms with E-state index in [4.69, 9.17) is 4.74 Å². The van der Waals surface area contributed by atoms with E-state index in [0.29, 0.717) is 6.42 Å². The predicted molar refractivity (Wildman–Crippen MR) is 83.2 cm³/mol. The molecule has 0 N–H and O–H groups in total. The van der Waals surface area contributed by atoms with Gasteiger partial charge in [-0.25, -0.2) is 4.79 Å². The average Bonchev–Trinajstić information content (AvgIpc) is 3.01. The van der Waals surface area contributed by atoms with Crippen LogP contribution in [0.25, 0.3) is 0 Å². The fourth-order valence-corrected chi connectivity index (χ4v) is 2.68. The summed E-state index contributed by atoms with van der Waals surface area (Å²) in [6.45, 7) is 0. The second-order valence-electron chi connectivity index (χ2n) is 5.11. The van der Waals surface area contributed by atoms with E-state index in [9.17, 15) is 4.79 Å². The Balaban J connectivity index is 1.91. The molecule has 1 aliphatic heterocycles. The van der Waals surface area contributed by atoms with Crippen LogP contribution in [0, 0.1) is 0 Å². The number of hydrazone groups is 1. The molecule has 0 amide bonds. The Kier molecular flexibility index (Phi) is 3.86. The first-order valence-corrected chi connectivity index (χ1v) is 7.13. The maximum absolute atomic E-state index is 12.1. The number of hydrogen-bond acceptors (Lipinski definition) is 4. The van der Waals surface area contributed by atoms with Gasteiger partial charge in [0.1, 0.15) is 0 Å². The molecule has 1 aliphatic carbocycles. The summed E-state index contributed by atoms with van der Waals surface area (Å²) < 4.78 is 4.93. The number of benzene rings is 1. The van der Waals surface area contributed by atoms with Gasteiger partial charge in [0.25, 0.3) is 0 Å². The number of ether oxygens (including phenoxy) is 1. The molecule has 0 spiro atoms. The first-order valence-electron chi connectivity index (χ1n) is 7.13. The van der Waals surface area contributed by atoms with E-state index in [0.717, 1.165) is 24.2 Å². The third-order valence-corrected chi connectivity index (χ3v) is 3.78. The molecule has 1 heterocycles. The van der Waals surface area contributed by atoms with Gasteiger partial charge in [0.05, 0.1) is 18.5 Å². The van der Waals surface area contributed by atoms with E-state index >= 15 is 0 Å². The van der Waals surface area contributed by atoms with E-state index in [2.05, 4.69) is 23.3 Å². The lowest BCUT2D eigenvalue weighted by atomic mass is 9.97. The van der Waals surface area contributed by atoms with E-state index in [1.165, 1.54) is 12.7 Å². The second-order valence-corrected chi connectivity index (χ2v) is 5.11. The lowest BCUT2D eigenvalue weighted by Crippen LogP contribution is -2.35. The Bertz CT molecular complexity index is 617. The third kappa shape index (κ3) is 2.75. The first-order chi connectivity index (χ1) is 10.3. The number of carbonyl (C=O) groups excluding carboxylic acids is 1. The Morgan fingerprint density at radius 2 is 2.10 bits per heavy atom. The molecule has 108 valence electrons. The number of nitrogens with zero attached hydrogens (tertiary/aromatic N) is 2. The van der Waals surface area contributed by atoms with Crippen LogP contribution in [0.3, 0.4) is 0 Å². The number of carbonyl (C=O) groups is 1. The molecule has 0 radical (unpaired) electrons. The van der Waals surface area contributed by atoms with Gasteiger partial charge in [-0.05, 0) is 30.5 Å². The van der Waals surface area contributed by atoms with Crippen molar-refractivity contribution in [2.45, 2.75) is 25.3 Å². The molecule has 3 rings (SSSR count). The molecule has 4 heteroatoms. The lowest BCUT2D eigenvalue weighted by Gasteiger charge is -2.21. The summed E-state index contributed by atoms with van der Waals surface area (Å²) in [7, 11) is 1.42. The van der Waals surface area contributed by atoms with Crippen LogP contribution in [-0.2, 0) is 9.53 Å². The Hall–Kier alpha value is -2.36. The van der Waals surface area contributed by atoms with Crippen molar-refractivity contribution in [3.05, 3.63) is 54.1 Å². The zero-order chi connectivity index (χ0) is 14.7. The summed E-state index contributed by atoms with van der Waals surface area (Å²) in [5.41, 5.74) is 3.11. The Morgan fingerprint density at radius 3 is 2.76 bits per heavy atom. The van der Waals surface area contributed by atoms with Crippen molar-refractivity contribution < 1.29 is 9.53 Å². The van der Waals surface area contributed by atoms with Gasteiger partial charge in [0.15, 0.2) is 6.04 Å². The summed E-state index contributed by atoms with van der Waals surface area (Å²) in [6.07, 6.45) is 8.89. The summed E-state index contributed by atoms with van der Waals surface area (Å²) in [5, 5.41) is 6.46. The highest BCUT2D eigenvalue weighted by Gasteiger charge is 2.35. The predicted octanol–water partition coefficient (Wildman–Crippen LogP) is 3.07. The quantitative estimate of drug-likeness (QED) is 0.632. The number of methoxy groups -OCH3 is 1. The van der Waals surface area contributed by atoms with Crippen LogP contribution in [0.2, 0.25) is 0 Å². The zero-order valence-electron chi connectivity index (χ0n) is 12.0. The minimum atomic E-state index is -0.376. The summed E-state index contributed by atoms with van der Waals surface area (Å²) >= 11 is 0. The molecule has 1 aromatic carbocycles. The molecule has 0 fully saturated rings. The molecular weight excluding hydrogens is 264 g/mol. The lowest BCUT2D eigenvalue weighted by molar-refractivity contribution is -0.141. The van der Waals surface area contributed by atoms with Crippen molar-refractivity contribution in [2.24, 2.45) is 5.10 Å². The molecule has 0 aromatic heterocycles. The molecule has 0 bridgehead atoms. The van der Waals surface area contributed by atoms with E-state index in [1.807, 2.05) is 30.3 Å². The van der Waals surface area contributed by atoms with Crippen LogP contribution in [0.4, 0.5) is 5.69 Å². The van der Waals surface area contributed by atoms with Crippen LogP contribution >= 0.6 is 0 Å². The SMILES string of the molecule is COC(=O)C1CC(C2=CCC=CC2)=NN1c1ccccc1. The maximum atomic E-state index is 12.1.